The Hall–Kier alpha value is -2.51. The first-order valence-corrected chi connectivity index (χ1v) is 6.27. The number of benzene rings is 2. The molecule has 0 aliphatic heterocycles. The number of nitrogens with one attached hydrogen (secondary N) is 1. The van der Waals surface area contributed by atoms with E-state index in [9.17, 15) is 4.79 Å². The fourth-order valence-corrected chi connectivity index (χ4v) is 1.98. The number of nitrogen functional groups attached to an aromatic ring is 1. The highest BCUT2D eigenvalue weighted by Crippen LogP contribution is 2.24. The molecule has 4 nitrogen and oxygen atoms in total. The van der Waals surface area contributed by atoms with Crippen molar-refractivity contribution in [3.8, 4) is 6.07 Å². The van der Waals surface area contributed by atoms with Crippen molar-refractivity contribution < 1.29 is 4.79 Å². The van der Waals surface area contributed by atoms with Crippen LogP contribution in [0.25, 0.3) is 0 Å². The largest absolute Gasteiger partial charge is 0.398 e. The van der Waals surface area contributed by atoms with Gasteiger partial charge in [-0.05, 0) is 36.8 Å². The van der Waals surface area contributed by atoms with Crippen LogP contribution >= 0.6 is 11.6 Å². The van der Waals surface area contributed by atoms with E-state index in [1.807, 2.05) is 19.1 Å². The Bertz CT molecular complexity index is 720. The average molecular weight is 286 g/mol. The van der Waals surface area contributed by atoms with Crippen LogP contribution in [0.15, 0.2) is 36.4 Å². The summed E-state index contributed by atoms with van der Waals surface area (Å²) in [4.78, 5) is 12.2. The molecule has 2 rings (SSSR count). The SMILES string of the molecule is Cc1cccc(C(=O)Nc2ccc(C#N)cc2Cl)c1N. The predicted octanol–water partition coefficient (Wildman–Crippen LogP) is 3.35. The molecule has 0 heterocycles. The zero-order valence-electron chi connectivity index (χ0n) is 10.8. The lowest BCUT2D eigenvalue weighted by Crippen LogP contribution is -2.14. The summed E-state index contributed by atoms with van der Waals surface area (Å²) in [6.45, 7) is 1.83. The molecule has 0 atom stereocenters. The summed E-state index contributed by atoms with van der Waals surface area (Å²) in [5.74, 6) is -0.335. The maximum Gasteiger partial charge on any atom is 0.257 e. The molecule has 0 aliphatic rings. The van der Waals surface area contributed by atoms with Gasteiger partial charge in [-0.25, -0.2) is 0 Å². The lowest BCUT2D eigenvalue weighted by molar-refractivity contribution is 0.102. The van der Waals surface area contributed by atoms with Crippen molar-refractivity contribution in [3.63, 3.8) is 0 Å². The van der Waals surface area contributed by atoms with E-state index in [-0.39, 0.29) is 5.91 Å². The molecule has 0 spiro atoms. The number of halogens is 1. The molecule has 0 saturated heterocycles. The number of amides is 1. The first kappa shape index (κ1) is 13.9. The van der Waals surface area contributed by atoms with Gasteiger partial charge in [0.05, 0.1) is 27.9 Å². The smallest absolute Gasteiger partial charge is 0.257 e. The van der Waals surface area contributed by atoms with E-state index in [2.05, 4.69) is 5.32 Å². The molecule has 1 amide bonds. The van der Waals surface area contributed by atoms with E-state index in [1.165, 1.54) is 6.07 Å². The van der Waals surface area contributed by atoms with Crippen molar-refractivity contribution in [2.45, 2.75) is 6.92 Å². The van der Waals surface area contributed by atoms with Gasteiger partial charge in [-0.15, -0.1) is 0 Å². The first-order valence-electron chi connectivity index (χ1n) is 5.89. The molecule has 100 valence electrons. The topological polar surface area (TPSA) is 78.9 Å². The van der Waals surface area contributed by atoms with Gasteiger partial charge in [-0.2, -0.15) is 5.26 Å². The number of anilines is 2. The van der Waals surface area contributed by atoms with Gasteiger partial charge in [0.1, 0.15) is 0 Å². The predicted molar refractivity (Wildman–Crippen MR) is 79.7 cm³/mol. The zero-order chi connectivity index (χ0) is 14.7. The number of para-hydroxylation sites is 1. The van der Waals surface area contributed by atoms with Crippen molar-refractivity contribution in [2.24, 2.45) is 0 Å². The Balaban J connectivity index is 2.29. The zero-order valence-corrected chi connectivity index (χ0v) is 11.5. The van der Waals surface area contributed by atoms with Gasteiger partial charge in [-0.3, -0.25) is 4.79 Å². The van der Waals surface area contributed by atoms with Crippen LogP contribution in [0, 0.1) is 18.3 Å². The highest BCUT2D eigenvalue weighted by atomic mass is 35.5. The number of nitrogens with two attached hydrogens (primary N) is 1. The maximum atomic E-state index is 12.2. The number of aryl methyl sites for hydroxylation is 1. The highest BCUT2D eigenvalue weighted by Gasteiger charge is 2.12. The molecule has 0 aromatic heterocycles. The van der Waals surface area contributed by atoms with E-state index < -0.39 is 0 Å². The number of carbonyl (C=O) groups excluding carboxylic acids is 1. The van der Waals surface area contributed by atoms with Crippen LogP contribution in [0.2, 0.25) is 5.02 Å². The Morgan fingerprint density at radius 3 is 2.75 bits per heavy atom. The lowest BCUT2D eigenvalue weighted by atomic mass is 10.1. The van der Waals surface area contributed by atoms with Crippen LogP contribution in [0.3, 0.4) is 0 Å². The van der Waals surface area contributed by atoms with Crippen LogP contribution in [0.4, 0.5) is 11.4 Å². The van der Waals surface area contributed by atoms with E-state index >= 15 is 0 Å². The second kappa shape index (κ2) is 5.64. The molecule has 0 radical (unpaired) electrons. The second-order valence-electron chi connectivity index (χ2n) is 4.30. The molecule has 2 aromatic carbocycles. The highest BCUT2D eigenvalue weighted by molar-refractivity contribution is 6.34. The molecule has 3 N–H and O–H groups in total. The fourth-order valence-electron chi connectivity index (χ4n) is 1.75. The van der Waals surface area contributed by atoms with Gasteiger partial charge in [0.2, 0.25) is 0 Å². The van der Waals surface area contributed by atoms with Crippen molar-refractivity contribution in [2.75, 3.05) is 11.1 Å². The quantitative estimate of drug-likeness (QED) is 0.831. The average Bonchev–Trinajstić information content (AvgIpc) is 2.44. The van der Waals surface area contributed by atoms with Crippen LogP contribution < -0.4 is 11.1 Å². The summed E-state index contributed by atoms with van der Waals surface area (Å²) < 4.78 is 0. The summed E-state index contributed by atoms with van der Waals surface area (Å²) in [6, 6.07) is 11.9. The summed E-state index contributed by atoms with van der Waals surface area (Å²) >= 11 is 6.01. The van der Waals surface area contributed by atoms with Gasteiger partial charge in [0.15, 0.2) is 0 Å². The van der Waals surface area contributed by atoms with Crippen LogP contribution in [-0.2, 0) is 0 Å². The summed E-state index contributed by atoms with van der Waals surface area (Å²) in [5, 5.41) is 11.8. The van der Waals surface area contributed by atoms with Crippen molar-refractivity contribution in [1.29, 1.82) is 5.26 Å². The van der Waals surface area contributed by atoms with Crippen LogP contribution in [-0.4, -0.2) is 5.91 Å². The Morgan fingerprint density at radius 1 is 1.35 bits per heavy atom. The van der Waals surface area contributed by atoms with Gasteiger partial charge < -0.3 is 11.1 Å². The number of hydrogen-bond acceptors (Lipinski definition) is 3. The number of carbonyl (C=O) groups is 1. The van der Waals surface area contributed by atoms with Gasteiger partial charge in [-0.1, -0.05) is 23.7 Å². The van der Waals surface area contributed by atoms with Gasteiger partial charge in [0, 0.05) is 5.69 Å². The number of rotatable bonds is 2. The number of nitrogens with zero attached hydrogens (tertiary/aromatic N) is 1. The Morgan fingerprint density at radius 2 is 2.10 bits per heavy atom. The first-order chi connectivity index (χ1) is 9.52. The molecule has 20 heavy (non-hydrogen) atoms. The van der Waals surface area contributed by atoms with E-state index in [4.69, 9.17) is 22.6 Å². The third kappa shape index (κ3) is 2.73. The second-order valence-corrected chi connectivity index (χ2v) is 4.70. The third-order valence-corrected chi connectivity index (χ3v) is 3.23. The molecule has 0 fully saturated rings. The minimum Gasteiger partial charge on any atom is -0.398 e. The monoisotopic (exact) mass is 285 g/mol. The third-order valence-electron chi connectivity index (χ3n) is 2.92. The van der Waals surface area contributed by atoms with Crippen LogP contribution in [0.1, 0.15) is 21.5 Å². The number of nitriles is 1. The fraction of sp³-hybridized carbons (Fsp3) is 0.0667. The minimum absolute atomic E-state index is 0.309. The van der Waals surface area contributed by atoms with E-state index in [1.54, 1.807) is 24.3 Å². The molecule has 0 unspecified atom stereocenters. The Labute approximate surface area is 121 Å². The molecule has 0 aliphatic carbocycles. The number of hydrogen-bond donors (Lipinski definition) is 2. The molecular formula is C15H12ClN3O. The molecule has 0 bridgehead atoms. The van der Waals surface area contributed by atoms with Gasteiger partial charge in [0.25, 0.3) is 5.91 Å². The van der Waals surface area contributed by atoms with Gasteiger partial charge >= 0.3 is 0 Å². The minimum atomic E-state index is -0.335. The van der Waals surface area contributed by atoms with Crippen molar-refractivity contribution in [3.05, 3.63) is 58.1 Å². The van der Waals surface area contributed by atoms with E-state index in [0.29, 0.717) is 27.5 Å². The summed E-state index contributed by atoms with van der Waals surface area (Å²) in [7, 11) is 0. The summed E-state index contributed by atoms with van der Waals surface area (Å²) in [5.41, 5.74) is 8.43. The van der Waals surface area contributed by atoms with E-state index in [0.717, 1.165) is 5.56 Å². The summed E-state index contributed by atoms with van der Waals surface area (Å²) in [6.07, 6.45) is 0. The molecule has 5 heteroatoms. The Kier molecular flexibility index (Phi) is 3.92. The van der Waals surface area contributed by atoms with Crippen molar-refractivity contribution in [1.82, 2.24) is 0 Å². The molecular weight excluding hydrogens is 274 g/mol. The van der Waals surface area contributed by atoms with Crippen molar-refractivity contribution >= 4 is 28.9 Å². The maximum absolute atomic E-state index is 12.2. The molecule has 0 saturated carbocycles. The van der Waals surface area contributed by atoms with Crippen LogP contribution in [0.5, 0.6) is 0 Å². The standard InChI is InChI=1S/C15H12ClN3O/c1-9-3-2-4-11(14(9)18)15(20)19-13-6-5-10(8-17)7-12(13)16/h2-7H,18H2,1H3,(H,19,20). The molecule has 2 aromatic rings. The lowest BCUT2D eigenvalue weighted by Gasteiger charge is -2.10. The normalized spacial score (nSPS) is 9.85.